The van der Waals surface area contributed by atoms with Crippen LogP contribution in [-0.4, -0.2) is 23.4 Å². The van der Waals surface area contributed by atoms with Crippen molar-refractivity contribution < 1.29 is 4.79 Å². The van der Waals surface area contributed by atoms with Crippen LogP contribution < -0.4 is 0 Å². The second-order valence-corrected chi connectivity index (χ2v) is 4.75. The van der Waals surface area contributed by atoms with E-state index in [1.807, 2.05) is 45.0 Å². The monoisotopic (exact) mass is 244 g/mol. The molecule has 0 aliphatic carbocycles. The van der Waals surface area contributed by atoms with E-state index in [1.54, 1.807) is 4.90 Å². The van der Waals surface area contributed by atoms with Gasteiger partial charge in [0.05, 0.1) is 18.9 Å². The van der Waals surface area contributed by atoms with Gasteiger partial charge in [-0.1, -0.05) is 29.8 Å². The van der Waals surface area contributed by atoms with Crippen molar-refractivity contribution in [2.75, 3.05) is 6.54 Å². The lowest BCUT2D eigenvalue weighted by atomic mass is 10.1. The SMILES string of the molecule is Cc1ccc(CC(=O)N(CCC#N)C(C)C)cc1. The third kappa shape index (κ3) is 4.21. The topological polar surface area (TPSA) is 44.1 Å². The van der Waals surface area contributed by atoms with Gasteiger partial charge < -0.3 is 4.90 Å². The van der Waals surface area contributed by atoms with Gasteiger partial charge in [0.1, 0.15) is 0 Å². The number of carbonyl (C=O) groups is 1. The molecule has 0 radical (unpaired) electrons. The summed E-state index contributed by atoms with van der Waals surface area (Å²) in [5, 5.41) is 8.61. The molecule has 0 saturated carbocycles. The van der Waals surface area contributed by atoms with E-state index in [2.05, 4.69) is 6.07 Å². The molecule has 3 nitrogen and oxygen atoms in total. The highest BCUT2D eigenvalue weighted by Gasteiger charge is 2.16. The Morgan fingerprint density at radius 1 is 1.33 bits per heavy atom. The Hall–Kier alpha value is -1.82. The van der Waals surface area contributed by atoms with Gasteiger partial charge in [-0.3, -0.25) is 4.79 Å². The van der Waals surface area contributed by atoms with Gasteiger partial charge in [0.25, 0.3) is 0 Å². The Balaban J connectivity index is 2.67. The normalized spacial score (nSPS) is 10.2. The molecule has 0 spiro atoms. The molecular weight excluding hydrogens is 224 g/mol. The Labute approximate surface area is 109 Å². The molecule has 0 heterocycles. The first-order chi connectivity index (χ1) is 8.54. The van der Waals surface area contributed by atoms with Gasteiger partial charge in [0.2, 0.25) is 5.91 Å². The van der Waals surface area contributed by atoms with E-state index in [0.29, 0.717) is 19.4 Å². The average Bonchev–Trinajstić information content (AvgIpc) is 2.32. The molecule has 0 N–H and O–H groups in total. The quantitative estimate of drug-likeness (QED) is 0.799. The highest BCUT2D eigenvalue weighted by Crippen LogP contribution is 2.08. The van der Waals surface area contributed by atoms with Crippen molar-refractivity contribution >= 4 is 5.91 Å². The minimum Gasteiger partial charge on any atom is -0.339 e. The van der Waals surface area contributed by atoms with Gasteiger partial charge >= 0.3 is 0 Å². The molecule has 0 atom stereocenters. The van der Waals surface area contributed by atoms with Crippen LogP contribution >= 0.6 is 0 Å². The first kappa shape index (κ1) is 14.2. The Bertz CT molecular complexity index is 429. The first-order valence-electron chi connectivity index (χ1n) is 6.26. The van der Waals surface area contributed by atoms with Gasteiger partial charge in [0.15, 0.2) is 0 Å². The summed E-state index contributed by atoms with van der Waals surface area (Å²) < 4.78 is 0. The average molecular weight is 244 g/mol. The number of rotatable bonds is 5. The van der Waals surface area contributed by atoms with Crippen LogP contribution in [0.1, 0.15) is 31.4 Å². The number of hydrogen-bond acceptors (Lipinski definition) is 2. The number of nitrogens with zero attached hydrogens (tertiary/aromatic N) is 2. The van der Waals surface area contributed by atoms with Gasteiger partial charge in [-0.2, -0.15) is 5.26 Å². The van der Waals surface area contributed by atoms with Crippen molar-refractivity contribution in [1.29, 1.82) is 5.26 Å². The third-order valence-electron chi connectivity index (χ3n) is 2.88. The van der Waals surface area contributed by atoms with Crippen molar-refractivity contribution in [2.45, 2.75) is 39.7 Å². The van der Waals surface area contributed by atoms with Crippen LogP contribution in [0.5, 0.6) is 0 Å². The summed E-state index contributed by atoms with van der Waals surface area (Å²) in [6.45, 7) is 6.49. The maximum Gasteiger partial charge on any atom is 0.227 e. The fourth-order valence-electron chi connectivity index (χ4n) is 1.82. The van der Waals surface area contributed by atoms with Crippen molar-refractivity contribution in [2.24, 2.45) is 0 Å². The number of nitriles is 1. The lowest BCUT2D eigenvalue weighted by Gasteiger charge is -2.26. The predicted molar refractivity (Wildman–Crippen MR) is 72.0 cm³/mol. The van der Waals surface area contributed by atoms with Crippen LogP contribution in [0.3, 0.4) is 0 Å². The number of benzene rings is 1. The van der Waals surface area contributed by atoms with Crippen molar-refractivity contribution in [3.05, 3.63) is 35.4 Å². The zero-order valence-corrected chi connectivity index (χ0v) is 11.3. The second-order valence-electron chi connectivity index (χ2n) is 4.75. The number of amides is 1. The molecule has 0 unspecified atom stereocenters. The van der Waals surface area contributed by atoms with E-state index < -0.39 is 0 Å². The molecule has 1 aromatic carbocycles. The molecule has 3 heteroatoms. The number of carbonyl (C=O) groups excluding carboxylic acids is 1. The van der Waals surface area contributed by atoms with E-state index in [1.165, 1.54) is 5.56 Å². The van der Waals surface area contributed by atoms with Crippen LogP contribution in [0.4, 0.5) is 0 Å². The van der Waals surface area contributed by atoms with Crippen molar-refractivity contribution in [3.63, 3.8) is 0 Å². The second kappa shape index (κ2) is 6.80. The molecule has 0 aliphatic heterocycles. The zero-order valence-electron chi connectivity index (χ0n) is 11.3. The molecule has 1 amide bonds. The van der Waals surface area contributed by atoms with Gasteiger partial charge in [0, 0.05) is 12.6 Å². The molecule has 1 aromatic rings. The van der Waals surface area contributed by atoms with E-state index in [-0.39, 0.29) is 11.9 Å². The molecule has 18 heavy (non-hydrogen) atoms. The molecule has 1 rings (SSSR count). The lowest BCUT2D eigenvalue weighted by Crippen LogP contribution is -2.38. The summed E-state index contributed by atoms with van der Waals surface area (Å²) in [6, 6.07) is 10.2. The molecular formula is C15H20N2O. The van der Waals surface area contributed by atoms with E-state index in [4.69, 9.17) is 5.26 Å². The Morgan fingerprint density at radius 3 is 2.44 bits per heavy atom. The largest absolute Gasteiger partial charge is 0.339 e. The van der Waals surface area contributed by atoms with Crippen LogP contribution in [0.2, 0.25) is 0 Å². The molecule has 96 valence electrons. The fraction of sp³-hybridized carbons (Fsp3) is 0.467. The summed E-state index contributed by atoms with van der Waals surface area (Å²) in [5.41, 5.74) is 2.21. The maximum absolute atomic E-state index is 12.2. The number of hydrogen-bond donors (Lipinski definition) is 0. The fourth-order valence-corrected chi connectivity index (χ4v) is 1.82. The van der Waals surface area contributed by atoms with Gasteiger partial charge in [-0.15, -0.1) is 0 Å². The highest BCUT2D eigenvalue weighted by atomic mass is 16.2. The highest BCUT2D eigenvalue weighted by molar-refractivity contribution is 5.79. The summed E-state index contributed by atoms with van der Waals surface area (Å²) in [4.78, 5) is 13.9. The minimum absolute atomic E-state index is 0.0871. The minimum atomic E-state index is 0.0871. The van der Waals surface area contributed by atoms with E-state index >= 15 is 0 Å². The van der Waals surface area contributed by atoms with Crippen molar-refractivity contribution in [1.82, 2.24) is 4.90 Å². The summed E-state index contributed by atoms with van der Waals surface area (Å²) in [7, 11) is 0. The molecule has 0 fully saturated rings. The van der Waals surface area contributed by atoms with E-state index in [0.717, 1.165) is 5.56 Å². The maximum atomic E-state index is 12.2. The lowest BCUT2D eigenvalue weighted by molar-refractivity contribution is -0.132. The molecule has 0 aromatic heterocycles. The Morgan fingerprint density at radius 2 is 1.94 bits per heavy atom. The Kier molecular flexibility index (Phi) is 5.38. The van der Waals surface area contributed by atoms with Gasteiger partial charge in [-0.25, -0.2) is 0 Å². The molecule has 0 aliphatic rings. The zero-order chi connectivity index (χ0) is 13.5. The van der Waals surface area contributed by atoms with E-state index in [9.17, 15) is 4.79 Å². The van der Waals surface area contributed by atoms with Crippen LogP contribution in [-0.2, 0) is 11.2 Å². The standard InChI is InChI=1S/C15H20N2O/c1-12(2)17(10-4-9-16)15(18)11-14-7-5-13(3)6-8-14/h5-8,12H,4,10-11H2,1-3H3. The predicted octanol–water partition coefficient (Wildman–Crippen LogP) is 2.69. The smallest absolute Gasteiger partial charge is 0.227 e. The number of aryl methyl sites for hydroxylation is 1. The summed E-state index contributed by atoms with van der Waals surface area (Å²) in [5.74, 6) is 0.0871. The third-order valence-corrected chi connectivity index (χ3v) is 2.88. The van der Waals surface area contributed by atoms with Crippen LogP contribution in [0.25, 0.3) is 0 Å². The summed E-state index contributed by atoms with van der Waals surface area (Å²) >= 11 is 0. The first-order valence-corrected chi connectivity index (χ1v) is 6.26. The van der Waals surface area contributed by atoms with Crippen LogP contribution in [0.15, 0.2) is 24.3 Å². The summed E-state index contributed by atoms with van der Waals surface area (Å²) in [6.07, 6.45) is 0.793. The molecule has 0 saturated heterocycles. The van der Waals surface area contributed by atoms with Crippen LogP contribution in [0, 0.1) is 18.3 Å². The molecule has 0 bridgehead atoms. The van der Waals surface area contributed by atoms with Gasteiger partial charge in [-0.05, 0) is 26.3 Å². The van der Waals surface area contributed by atoms with Crippen molar-refractivity contribution in [3.8, 4) is 6.07 Å².